The van der Waals surface area contributed by atoms with E-state index in [4.69, 9.17) is 9.84 Å². The van der Waals surface area contributed by atoms with Gasteiger partial charge in [-0.2, -0.15) is 4.98 Å². The average Bonchev–Trinajstić information content (AvgIpc) is 2.39. The third kappa shape index (κ3) is 2.95. The highest BCUT2D eigenvalue weighted by atomic mass is 16.5. The summed E-state index contributed by atoms with van der Waals surface area (Å²) in [6.45, 7) is 1.89. The van der Waals surface area contributed by atoms with Gasteiger partial charge in [-0.05, 0) is 17.7 Å². The number of aromatic amines is 1. The highest BCUT2D eigenvalue weighted by Crippen LogP contribution is 2.18. The Kier molecular flexibility index (Phi) is 3.74. The Labute approximate surface area is 104 Å². The first-order valence-corrected chi connectivity index (χ1v) is 5.69. The number of aromatic nitrogens is 2. The second kappa shape index (κ2) is 5.46. The van der Waals surface area contributed by atoms with Gasteiger partial charge in [0.25, 0.3) is 5.56 Å². The molecule has 1 aromatic heterocycles. The minimum atomic E-state index is -0.233. The molecular formula is C13H14N2O3. The Morgan fingerprint density at radius 1 is 1.33 bits per heavy atom. The third-order valence-electron chi connectivity index (χ3n) is 2.43. The van der Waals surface area contributed by atoms with Crippen LogP contribution in [-0.2, 0) is 13.0 Å². The maximum atomic E-state index is 11.4. The van der Waals surface area contributed by atoms with Crippen molar-refractivity contribution in [3.8, 4) is 11.6 Å². The summed E-state index contributed by atoms with van der Waals surface area (Å²) in [6.07, 6.45) is 0.635. The average molecular weight is 246 g/mol. The largest absolute Gasteiger partial charge is 0.439 e. The van der Waals surface area contributed by atoms with E-state index < -0.39 is 0 Å². The zero-order valence-electron chi connectivity index (χ0n) is 10.0. The number of aliphatic hydroxyl groups is 1. The van der Waals surface area contributed by atoms with Crippen molar-refractivity contribution in [3.05, 3.63) is 52.1 Å². The molecule has 0 saturated heterocycles. The molecule has 18 heavy (non-hydrogen) atoms. The van der Waals surface area contributed by atoms with Crippen LogP contribution in [0.15, 0.2) is 35.1 Å². The highest BCUT2D eigenvalue weighted by molar-refractivity contribution is 5.30. The van der Waals surface area contributed by atoms with Crippen molar-refractivity contribution in [1.29, 1.82) is 0 Å². The van der Waals surface area contributed by atoms with Crippen molar-refractivity contribution >= 4 is 0 Å². The Balaban J connectivity index is 2.22. The fourth-order valence-electron chi connectivity index (χ4n) is 1.49. The lowest BCUT2D eigenvalue weighted by Crippen LogP contribution is -2.10. The van der Waals surface area contributed by atoms with Crippen LogP contribution in [0, 0.1) is 0 Å². The van der Waals surface area contributed by atoms with E-state index in [0.717, 1.165) is 5.56 Å². The van der Waals surface area contributed by atoms with Crippen molar-refractivity contribution in [2.45, 2.75) is 20.0 Å². The van der Waals surface area contributed by atoms with Crippen molar-refractivity contribution < 1.29 is 9.84 Å². The van der Waals surface area contributed by atoms with Gasteiger partial charge in [0.2, 0.25) is 5.88 Å². The predicted octanol–water partition coefficient (Wildman–Crippen LogP) is 1.62. The quantitative estimate of drug-likeness (QED) is 0.859. The first kappa shape index (κ1) is 12.3. The molecule has 0 radical (unpaired) electrons. The molecule has 1 heterocycles. The number of ether oxygens (including phenoxy) is 1. The first-order chi connectivity index (χ1) is 8.71. The molecule has 2 rings (SSSR count). The first-order valence-electron chi connectivity index (χ1n) is 5.69. The Morgan fingerprint density at radius 3 is 2.67 bits per heavy atom. The zero-order chi connectivity index (χ0) is 13.0. The van der Waals surface area contributed by atoms with Gasteiger partial charge in [0.1, 0.15) is 11.6 Å². The standard InChI is InChI=1S/C13H14N2O3/c1-2-11-14-12(17)7-13(15-11)18-10-5-3-9(8-16)4-6-10/h3-7,16H,2,8H2,1H3,(H,14,15,17). The molecule has 5 nitrogen and oxygen atoms in total. The number of nitrogens with zero attached hydrogens (tertiary/aromatic N) is 1. The number of hydrogen-bond acceptors (Lipinski definition) is 4. The van der Waals surface area contributed by atoms with Crippen LogP contribution in [0.25, 0.3) is 0 Å². The predicted molar refractivity (Wildman–Crippen MR) is 66.7 cm³/mol. The van der Waals surface area contributed by atoms with Crippen molar-refractivity contribution in [3.63, 3.8) is 0 Å². The van der Waals surface area contributed by atoms with E-state index in [2.05, 4.69) is 9.97 Å². The zero-order valence-corrected chi connectivity index (χ0v) is 10.0. The molecule has 2 N–H and O–H groups in total. The summed E-state index contributed by atoms with van der Waals surface area (Å²) in [6, 6.07) is 8.26. The molecule has 1 aromatic carbocycles. The normalized spacial score (nSPS) is 10.3. The van der Waals surface area contributed by atoms with Gasteiger partial charge >= 0.3 is 0 Å². The molecule has 0 bridgehead atoms. The lowest BCUT2D eigenvalue weighted by Gasteiger charge is -2.06. The van der Waals surface area contributed by atoms with Crippen molar-refractivity contribution in [2.24, 2.45) is 0 Å². The van der Waals surface area contributed by atoms with Gasteiger partial charge in [0, 0.05) is 6.42 Å². The Morgan fingerprint density at radius 2 is 2.06 bits per heavy atom. The summed E-state index contributed by atoms with van der Waals surface area (Å²) in [4.78, 5) is 18.1. The molecule has 0 atom stereocenters. The number of rotatable bonds is 4. The van der Waals surface area contributed by atoms with E-state index in [1.165, 1.54) is 6.07 Å². The fourth-order valence-corrected chi connectivity index (χ4v) is 1.49. The van der Waals surface area contributed by atoms with Gasteiger partial charge < -0.3 is 14.8 Å². The van der Waals surface area contributed by atoms with Crippen LogP contribution in [-0.4, -0.2) is 15.1 Å². The summed E-state index contributed by atoms with van der Waals surface area (Å²) in [5.74, 6) is 1.43. The number of aliphatic hydroxyl groups excluding tert-OH is 1. The summed E-state index contributed by atoms with van der Waals surface area (Å²) in [7, 11) is 0. The van der Waals surface area contributed by atoms with E-state index in [0.29, 0.717) is 18.0 Å². The van der Waals surface area contributed by atoms with Gasteiger partial charge in [-0.15, -0.1) is 0 Å². The van der Waals surface area contributed by atoms with E-state index in [1.807, 2.05) is 6.92 Å². The molecule has 0 spiro atoms. The molecule has 5 heteroatoms. The summed E-state index contributed by atoms with van der Waals surface area (Å²) in [5, 5.41) is 8.92. The molecule has 0 aliphatic heterocycles. The number of nitrogens with one attached hydrogen (secondary N) is 1. The van der Waals surface area contributed by atoms with E-state index >= 15 is 0 Å². The summed E-state index contributed by atoms with van der Waals surface area (Å²) in [5.41, 5.74) is 0.569. The maximum absolute atomic E-state index is 11.4. The number of benzene rings is 1. The molecule has 0 amide bonds. The summed E-state index contributed by atoms with van der Waals surface area (Å²) >= 11 is 0. The van der Waals surface area contributed by atoms with Crippen LogP contribution in [0.4, 0.5) is 0 Å². The topological polar surface area (TPSA) is 75.2 Å². The summed E-state index contributed by atoms with van der Waals surface area (Å²) < 4.78 is 5.49. The SMILES string of the molecule is CCc1nc(Oc2ccc(CO)cc2)cc(=O)[nH]1. The van der Waals surface area contributed by atoms with Crippen LogP contribution in [0.3, 0.4) is 0 Å². The molecular weight excluding hydrogens is 232 g/mol. The van der Waals surface area contributed by atoms with Crippen molar-refractivity contribution in [2.75, 3.05) is 0 Å². The van der Waals surface area contributed by atoms with Crippen LogP contribution < -0.4 is 10.3 Å². The fraction of sp³-hybridized carbons (Fsp3) is 0.231. The highest BCUT2D eigenvalue weighted by Gasteiger charge is 2.02. The van der Waals surface area contributed by atoms with Crippen molar-refractivity contribution in [1.82, 2.24) is 9.97 Å². The molecule has 0 saturated carbocycles. The third-order valence-corrected chi connectivity index (χ3v) is 2.43. The molecule has 94 valence electrons. The van der Waals surface area contributed by atoms with Gasteiger partial charge in [-0.25, -0.2) is 0 Å². The van der Waals surface area contributed by atoms with E-state index in [-0.39, 0.29) is 18.0 Å². The molecule has 0 unspecified atom stereocenters. The second-order valence-corrected chi connectivity index (χ2v) is 3.79. The Hall–Kier alpha value is -2.14. The van der Waals surface area contributed by atoms with E-state index in [1.54, 1.807) is 24.3 Å². The lowest BCUT2D eigenvalue weighted by atomic mass is 10.2. The number of hydrogen-bond donors (Lipinski definition) is 2. The van der Waals surface area contributed by atoms with Crippen LogP contribution in [0.5, 0.6) is 11.6 Å². The van der Waals surface area contributed by atoms with Gasteiger partial charge in [-0.3, -0.25) is 4.79 Å². The number of aryl methyl sites for hydroxylation is 1. The maximum Gasteiger partial charge on any atom is 0.254 e. The van der Waals surface area contributed by atoms with Crippen LogP contribution in [0.2, 0.25) is 0 Å². The monoisotopic (exact) mass is 246 g/mol. The Bertz CT molecular complexity index is 576. The second-order valence-electron chi connectivity index (χ2n) is 3.79. The molecule has 0 aliphatic carbocycles. The van der Waals surface area contributed by atoms with Gasteiger partial charge in [-0.1, -0.05) is 19.1 Å². The molecule has 0 aliphatic rings. The van der Waals surface area contributed by atoms with Crippen LogP contribution in [0.1, 0.15) is 18.3 Å². The van der Waals surface area contributed by atoms with Gasteiger partial charge in [0.15, 0.2) is 0 Å². The van der Waals surface area contributed by atoms with Gasteiger partial charge in [0.05, 0.1) is 12.7 Å². The molecule has 2 aromatic rings. The molecule has 0 fully saturated rings. The minimum absolute atomic E-state index is 0.0104. The van der Waals surface area contributed by atoms with Crippen LogP contribution >= 0.6 is 0 Å². The smallest absolute Gasteiger partial charge is 0.254 e. The number of H-pyrrole nitrogens is 1. The lowest BCUT2D eigenvalue weighted by molar-refractivity contribution is 0.281. The minimum Gasteiger partial charge on any atom is -0.439 e. The van der Waals surface area contributed by atoms with E-state index in [9.17, 15) is 4.79 Å².